The first kappa shape index (κ1) is 15.8. The van der Waals surface area contributed by atoms with Gasteiger partial charge >= 0.3 is 0 Å². The number of benzene rings is 1. The van der Waals surface area contributed by atoms with Crippen LogP contribution in [-0.2, 0) is 21.2 Å². The lowest BCUT2D eigenvalue weighted by Gasteiger charge is -2.10. The number of ether oxygens (including phenoxy) is 1. The van der Waals surface area contributed by atoms with Gasteiger partial charge in [0.05, 0.1) is 18.4 Å². The molecule has 1 fully saturated rings. The fraction of sp³-hybridized carbons (Fsp3) is 0.500. The molecule has 0 heterocycles. The maximum absolute atomic E-state index is 11.9. The number of hydrogen-bond acceptors (Lipinski definition) is 4. The Morgan fingerprint density at radius 1 is 1.43 bits per heavy atom. The topological polar surface area (TPSA) is 98.5 Å². The molecule has 1 aromatic carbocycles. The van der Waals surface area contributed by atoms with Gasteiger partial charge in [0.15, 0.2) is 0 Å². The van der Waals surface area contributed by atoms with Crippen molar-refractivity contribution in [2.24, 2.45) is 11.1 Å². The van der Waals surface area contributed by atoms with Gasteiger partial charge < -0.3 is 10.1 Å². The van der Waals surface area contributed by atoms with Crippen molar-refractivity contribution >= 4 is 15.9 Å². The van der Waals surface area contributed by atoms with Gasteiger partial charge in [0.2, 0.25) is 15.9 Å². The minimum atomic E-state index is -3.79. The molecule has 1 aliphatic rings. The molecule has 0 atom stereocenters. The summed E-state index contributed by atoms with van der Waals surface area (Å²) < 4.78 is 27.9. The second-order valence-electron chi connectivity index (χ2n) is 5.28. The van der Waals surface area contributed by atoms with Gasteiger partial charge in [-0.2, -0.15) is 0 Å². The van der Waals surface area contributed by atoms with Crippen molar-refractivity contribution in [3.8, 4) is 5.75 Å². The molecule has 0 bridgehead atoms. The predicted octanol–water partition coefficient (Wildman–Crippen LogP) is 0.801. The van der Waals surface area contributed by atoms with Gasteiger partial charge in [-0.25, -0.2) is 13.6 Å². The average molecular weight is 312 g/mol. The van der Waals surface area contributed by atoms with E-state index in [1.807, 2.05) is 0 Å². The van der Waals surface area contributed by atoms with Crippen LogP contribution in [0.25, 0.3) is 0 Å². The number of nitrogens with two attached hydrogens (primary N) is 1. The van der Waals surface area contributed by atoms with Crippen LogP contribution >= 0.6 is 0 Å². The van der Waals surface area contributed by atoms with Gasteiger partial charge in [-0.1, -0.05) is 12.8 Å². The van der Waals surface area contributed by atoms with E-state index in [4.69, 9.17) is 9.88 Å². The Bertz CT molecular complexity index is 624. The third-order valence-corrected chi connectivity index (χ3v) is 4.41. The average Bonchev–Trinajstić information content (AvgIpc) is 3.21. The highest BCUT2D eigenvalue weighted by Crippen LogP contribution is 2.31. The second kappa shape index (κ2) is 6.44. The highest BCUT2D eigenvalue weighted by Gasteiger charge is 2.21. The summed E-state index contributed by atoms with van der Waals surface area (Å²) in [6, 6.07) is 4.25. The predicted molar refractivity (Wildman–Crippen MR) is 78.4 cm³/mol. The molecule has 0 aromatic heterocycles. The Morgan fingerprint density at radius 2 is 2.14 bits per heavy atom. The number of hydrogen-bond donors (Lipinski definition) is 2. The summed E-state index contributed by atoms with van der Waals surface area (Å²) in [6.07, 6.45) is 3.57. The van der Waals surface area contributed by atoms with Crippen molar-refractivity contribution in [1.29, 1.82) is 0 Å². The van der Waals surface area contributed by atoms with Crippen LogP contribution in [0.2, 0.25) is 0 Å². The third-order valence-electron chi connectivity index (χ3n) is 3.50. The molecule has 0 spiro atoms. The molecule has 0 unspecified atom stereocenters. The number of amides is 1. The molecule has 1 aliphatic carbocycles. The van der Waals surface area contributed by atoms with Gasteiger partial charge in [-0.3, -0.25) is 4.79 Å². The zero-order valence-electron chi connectivity index (χ0n) is 12.0. The van der Waals surface area contributed by atoms with Crippen molar-refractivity contribution in [3.63, 3.8) is 0 Å². The monoisotopic (exact) mass is 312 g/mol. The van der Waals surface area contributed by atoms with Crippen molar-refractivity contribution in [2.75, 3.05) is 13.7 Å². The summed E-state index contributed by atoms with van der Waals surface area (Å²) in [5, 5.41) is 7.94. The van der Waals surface area contributed by atoms with Crippen molar-refractivity contribution in [2.45, 2.75) is 30.6 Å². The van der Waals surface area contributed by atoms with Crippen LogP contribution < -0.4 is 15.2 Å². The van der Waals surface area contributed by atoms with Crippen LogP contribution in [0, 0.1) is 5.92 Å². The number of methoxy groups -OCH3 is 1. The van der Waals surface area contributed by atoms with Crippen LogP contribution in [-0.4, -0.2) is 28.0 Å². The number of rotatable bonds is 7. The fourth-order valence-electron chi connectivity index (χ4n) is 2.13. The lowest BCUT2D eigenvalue weighted by atomic mass is 10.1. The molecule has 3 N–H and O–H groups in total. The number of sulfonamides is 1. The largest absolute Gasteiger partial charge is 0.496 e. The van der Waals surface area contributed by atoms with Gasteiger partial charge in [-0.15, -0.1) is 0 Å². The maximum Gasteiger partial charge on any atom is 0.238 e. The molecular formula is C14H20N2O4S. The van der Waals surface area contributed by atoms with Crippen LogP contribution in [0.1, 0.15) is 24.8 Å². The van der Waals surface area contributed by atoms with Gasteiger partial charge in [0.25, 0.3) is 0 Å². The highest BCUT2D eigenvalue weighted by atomic mass is 32.2. The summed E-state index contributed by atoms with van der Waals surface area (Å²) >= 11 is 0. The Hall–Kier alpha value is -1.60. The first-order valence-electron chi connectivity index (χ1n) is 6.86. The number of carbonyl (C=O) groups is 1. The van der Waals surface area contributed by atoms with E-state index >= 15 is 0 Å². The molecule has 116 valence electrons. The lowest BCUT2D eigenvalue weighted by molar-refractivity contribution is -0.120. The molecule has 1 amide bonds. The van der Waals surface area contributed by atoms with E-state index in [2.05, 4.69) is 5.32 Å². The molecule has 1 saturated carbocycles. The SMILES string of the molecule is COc1ccc(S(N)(=O)=O)cc1CC(=O)NCCC1CC1. The minimum Gasteiger partial charge on any atom is -0.496 e. The normalized spacial score (nSPS) is 14.8. The zero-order chi connectivity index (χ0) is 15.5. The van der Waals surface area contributed by atoms with E-state index in [9.17, 15) is 13.2 Å². The maximum atomic E-state index is 11.9. The molecule has 0 aliphatic heterocycles. The molecule has 1 aromatic rings. The molecule has 7 heteroatoms. The van der Waals surface area contributed by atoms with E-state index in [0.717, 1.165) is 12.3 Å². The first-order chi connectivity index (χ1) is 9.90. The molecule has 6 nitrogen and oxygen atoms in total. The van der Waals surface area contributed by atoms with Crippen LogP contribution in [0.5, 0.6) is 5.75 Å². The van der Waals surface area contributed by atoms with Crippen LogP contribution in [0.3, 0.4) is 0 Å². The molecular weight excluding hydrogens is 292 g/mol. The zero-order valence-corrected chi connectivity index (χ0v) is 12.8. The molecule has 0 radical (unpaired) electrons. The lowest BCUT2D eigenvalue weighted by Crippen LogP contribution is -2.26. The Balaban J connectivity index is 2.03. The third kappa shape index (κ3) is 4.71. The summed E-state index contributed by atoms with van der Waals surface area (Å²) in [6.45, 7) is 0.653. The standard InChI is InChI=1S/C14H20N2O4S/c1-20-13-5-4-12(21(15,18)19)8-11(13)9-14(17)16-7-6-10-2-3-10/h4-5,8,10H,2-3,6-7,9H2,1H3,(H,16,17)(H2,15,18,19). The van der Waals surface area contributed by atoms with E-state index in [-0.39, 0.29) is 17.2 Å². The quantitative estimate of drug-likeness (QED) is 0.778. The number of carbonyl (C=O) groups excluding carboxylic acids is 1. The highest BCUT2D eigenvalue weighted by molar-refractivity contribution is 7.89. The van der Waals surface area contributed by atoms with Crippen LogP contribution in [0.4, 0.5) is 0 Å². The van der Waals surface area contributed by atoms with Crippen molar-refractivity contribution in [3.05, 3.63) is 23.8 Å². The number of primary sulfonamides is 1. The van der Waals surface area contributed by atoms with E-state index in [1.165, 1.54) is 38.2 Å². The Labute approximate surface area is 124 Å². The van der Waals surface area contributed by atoms with Gasteiger partial charge in [0.1, 0.15) is 5.75 Å². The Morgan fingerprint density at radius 3 is 2.71 bits per heavy atom. The Kier molecular flexibility index (Phi) is 4.84. The summed E-state index contributed by atoms with van der Waals surface area (Å²) in [5.41, 5.74) is 0.507. The van der Waals surface area contributed by atoms with E-state index in [0.29, 0.717) is 17.9 Å². The van der Waals surface area contributed by atoms with Crippen molar-refractivity contribution in [1.82, 2.24) is 5.32 Å². The molecule has 0 saturated heterocycles. The number of nitrogens with one attached hydrogen (secondary N) is 1. The summed E-state index contributed by atoms with van der Waals surface area (Å²) in [5.74, 6) is 1.07. The van der Waals surface area contributed by atoms with E-state index < -0.39 is 10.0 Å². The first-order valence-corrected chi connectivity index (χ1v) is 8.41. The summed E-state index contributed by atoms with van der Waals surface area (Å²) in [7, 11) is -2.32. The van der Waals surface area contributed by atoms with Gasteiger partial charge in [-0.05, 0) is 30.5 Å². The smallest absolute Gasteiger partial charge is 0.238 e. The fourth-order valence-corrected chi connectivity index (χ4v) is 2.69. The van der Waals surface area contributed by atoms with Crippen LogP contribution in [0.15, 0.2) is 23.1 Å². The van der Waals surface area contributed by atoms with Gasteiger partial charge in [0, 0.05) is 12.1 Å². The second-order valence-corrected chi connectivity index (χ2v) is 6.84. The van der Waals surface area contributed by atoms with E-state index in [1.54, 1.807) is 0 Å². The minimum absolute atomic E-state index is 0.0240. The van der Waals surface area contributed by atoms with Crippen molar-refractivity contribution < 1.29 is 17.9 Å². The molecule has 21 heavy (non-hydrogen) atoms. The molecule has 2 rings (SSSR count). The summed E-state index contributed by atoms with van der Waals surface area (Å²) in [4.78, 5) is 11.9.